The minimum absolute atomic E-state index is 0. The second kappa shape index (κ2) is 8.72. The summed E-state index contributed by atoms with van der Waals surface area (Å²) in [6.07, 6.45) is 0. The topological polar surface area (TPSA) is 96.4 Å². The largest absolute Gasteiger partial charge is 0.495 e. The molecule has 0 unspecified atom stereocenters. The van der Waals surface area contributed by atoms with Crippen molar-refractivity contribution in [2.45, 2.75) is 10.8 Å². The van der Waals surface area contributed by atoms with Crippen LogP contribution in [0.2, 0.25) is 0 Å². The highest BCUT2D eigenvalue weighted by Gasteiger charge is 2.40. The van der Waals surface area contributed by atoms with Gasteiger partial charge >= 0.3 is 0 Å². The fraction of sp³-hybridized carbons (Fsp3) is 0.316. The van der Waals surface area contributed by atoms with E-state index in [2.05, 4.69) is 0 Å². The van der Waals surface area contributed by atoms with E-state index in [4.69, 9.17) is 15.7 Å². The maximum atomic E-state index is 13.2. The van der Waals surface area contributed by atoms with Gasteiger partial charge in [0, 0.05) is 19.0 Å². The third-order valence-electron chi connectivity index (χ3n) is 4.85. The fourth-order valence-corrected chi connectivity index (χ4v) is 5.09. The second-order valence-electron chi connectivity index (χ2n) is 6.31. The van der Waals surface area contributed by atoms with Crippen molar-refractivity contribution in [1.29, 1.82) is 5.26 Å². The van der Waals surface area contributed by atoms with Crippen molar-refractivity contribution in [3.05, 3.63) is 59.7 Å². The molecule has 0 radical (unpaired) electrons. The first-order chi connectivity index (χ1) is 12.5. The minimum Gasteiger partial charge on any atom is -0.495 e. The van der Waals surface area contributed by atoms with Gasteiger partial charge in [-0.15, -0.1) is 12.4 Å². The lowest BCUT2D eigenvalue weighted by atomic mass is 9.89. The molecule has 1 fully saturated rings. The lowest BCUT2D eigenvalue weighted by Gasteiger charge is -2.18. The molecule has 2 N–H and O–H groups in total. The van der Waals surface area contributed by atoms with E-state index in [0.717, 1.165) is 5.56 Å². The number of nitrogens with zero attached hydrogens (tertiary/aromatic N) is 2. The smallest absolute Gasteiger partial charge is 0.246 e. The van der Waals surface area contributed by atoms with E-state index in [1.807, 2.05) is 36.4 Å². The zero-order valence-electron chi connectivity index (χ0n) is 14.9. The summed E-state index contributed by atoms with van der Waals surface area (Å²) < 4.78 is 33.0. The van der Waals surface area contributed by atoms with Crippen molar-refractivity contribution >= 4 is 22.4 Å². The third kappa shape index (κ3) is 4.09. The summed E-state index contributed by atoms with van der Waals surface area (Å²) in [7, 11) is -2.35. The minimum atomic E-state index is -3.75. The molecular weight excluding hydrogens is 386 g/mol. The summed E-state index contributed by atoms with van der Waals surface area (Å²) >= 11 is 0. The van der Waals surface area contributed by atoms with E-state index in [-0.39, 0.29) is 34.9 Å². The molecule has 2 atom stereocenters. The molecule has 1 heterocycles. The number of methoxy groups -OCH3 is 1. The fourth-order valence-electron chi connectivity index (χ4n) is 3.43. The molecular formula is C19H22ClN3O3S. The van der Waals surface area contributed by atoms with E-state index in [9.17, 15) is 8.42 Å². The maximum Gasteiger partial charge on any atom is 0.246 e. The van der Waals surface area contributed by atoms with E-state index in [0.29, 0.717) is 25.2 Å². The van der Waals surface area contributed by atoms with E-state index in [1.54, 1.807) is 0 Å². The van der Waals surface area contributed by atoms with Gasteiger partial charge in [-0.2, -0.15) is 9.57 Å². The van der Waals surface area contributed by atoms with E-state index < -0.39 is 10.0 Å². The quantitative estimate of drug-likeness (QED) is 0.820. The van der Waals surface area contributed by atoms with Crippen LogP contribution in [0.4, 0.5) is 0 Å². The van der Waals surface area contributed by atoms with E-state index in [1.165, 1.54) is 29.6 Å². The van der Waals surface area contributed by atoms with Crippen LogP contribution in [0.3, 0.4) is 0 Å². The van der Waals surface area contributed by atoms with Gasteiger partial charge in [-0.25, -0.2) is 8.42 Å². The van der Waals surface area contributed by atoms with Gasteiger partial charge in [-0.1, -0.05) is 30.3 Å². The average Bonchev–Trinajstić information content (AvgIpc) is 3.13. The number of hydrogen-bond donors (Lipinski definition) is 1. The van der Waals surface area contributed by atoms with Crippen LogP contribution < -0.4 is 10.5 Å². The van der Waals surface area contributed by atoms with Gasteiger partial charge in [-0.3, -0.25) is 0 Å². The van der Waals surface area contributed by atoms with Crippen molar-refractivity contribution in [2.24, 2.45) is 11.7 Å². The number of nitriles is 1. The summed E-state index contributed by atoms with van der Waals surface area (Å²) in [5.74, 6) is 0.286. The summed E-state index contributed by atoms with van der Waals surface area (Å²) in [5, 5.41) is 9.01. The Balaban J connectivity index is 0.00000261. The molecule has 0 spiro atoms. The molecule has 1 saturated heterocycles. The predicted octanol–water partition coefficient (Wildman–Crippen LogP) is 2.35. The number of rotatable bonds is 5. The van der Waals surface area contributed by atoms with Crippen molar-refractivity contribution in [2.75, 3.05) is 26.7 Å². The molecule has 1 aliphatic rings. The second-order valence-corrected chi connectivity index (χ2v) is 8.22. The van der Waals surface area contributed by atoms with Crippen LogP contribution in [0.1, 0.15) is 17.0 Å². The maximum absolute atomic E-state index is 13.2. The Morgan fingerprint density at radius 3 is 2.52 bits per heavy atom. The Bertz CT molecular complexity index is 929. The first kappa shape index (κ1) is 21.2. The molecule has 0 saturated carbocycles. The average molecular weight is 408 g/mol. The van der Waals surface area contributed by atoms with Crippen LogP contribution in [0.15, 0.2) is 53.4 Å². The van der Waals surface area contributed by atoms with Crippen LogP contribution in [0.5, 0.6) is 5.75 Å². The van der Waals surface area contributed by atoms with Gasteiger partial charge in [0.15, 0.2) is 0 Å². The van der Waals surface area contributed by atoms with Crippen LogP contribution >= 0.6 is 12.4 Å². The highest BCUT2D eigenvalue weighted by molar-refractivity contribution is 7.89. The van der Waals surface area contributed by atoms with Crippen LogP contribution in [-0.2, 0) is 10.0 Å². The number of benzene rings is 2. The number of halogens is 1. The number of ether oxygens (including phenoxy) is 1. The summed E-state index contributed by atoms with van der Waals surface area (Å²) in [6.45, 7) is 1.15. The van der Waals surface area contributed by atoms with Gasteiger partial charge in [0.2, 0.25) is 10.0 Å². The molecule has 27 heavy (non-hydrogen) atoms. The van der Waals surface area contributed by atoms with Crippen molar-refractivity contribution in [1.82, 2.24) is 4.31 Å². The standard InChI is InChI=1S/C19H21N3O3S.ClH/c1-25-18-9-14(10-20)7-8-19(18)26(23,24)22-12-16(11-21)17(13-22)15-5-3-2-4-6-15;/h2-9,16-17H,11-13,21H2,1H3;1H/t16-,17+;/m1./s1. The molecule has 2 aromatic carbocycles. The first-order valence-electron chi connectivity index (χ1n) is 8.34. The number of nitrogens with two attached hydrogens (primary N) is 1. The van der Waals surface area contributed by atoms with Crippen molar-refractivity contribution in [3.63, 3.8) is 0 Å². The summed E-state index contributed by atoms with van der Waals surface area (Å²) in [5.41, 5.74) is 7.36. The third-order valence-corrected chi connectivity index (χ3v) is 6.72. The van der Waals surface area contributed by atoms with Gasteiger partial charge in [0.1, 0.15) is 10.6 Å². The molecule has 2 aromatic rings. The molecule has 0 amide bonds. The summed E-state index contributed by atoms with van der Waals surface area (Å²) in [4.78, 5) is 0.0727. The lowest BCUT2D eigenvalue weighted by Crippen LogP contribution is -2.30. The number of sulfonamides is 1. The highest BCUT2D eigenvalue weighted by atomic mass is 35.5. The Kier molecular flexibility index (Phi) is 6.84. The van der Waals surface area contributed by atoms with E-state index >= 15 is 0 Å². The Morgan fingerprint density at radius 2 is 1.93 bits per heavy atom. The molecule has 6 nitrogen and oxygen atoms in total. The molecule has 3 rings (SSSR count). The zero-order chi connectivity index (χ0) is 18.7. The predicted molar refractivity (Wildman–Crippen MR) is 105 cm³/mol. The summed E-state index contributed by atoms with van der Waals surface area (Å²) in [6, 6.07) is 16.2. The van der Waals surface area contributed by atoms with Crippen molar-refractivity contribution in [3.8, 4) is 11.8 Å². The molecule has 144 valence electrons. The highest BCUT2D eigenvalue weighted by Crippen LogP contribution is 2.37. The monoisotopic (exact) mass is 407 g/mol. The van der Waals surface area contributed by atoms with Gasteiger partial charge < -0.3 is 10.5 Å². The number of hydrogen-bond acceptors (Lipinski definition) is 5. The Labute approximate surface area is 166 Å². The molecule has 0 aromatic heterocycles. The van der Waals surface area contributed by atoms with Crippen LogP contribution in [0, 0.1) is 17.2 Å². The molecule has 0 aliphatic carbocycles. The zero-order valence-corrected chi connectivity index (χ0v) is 16.5. The van der Waals surface area contributed by atoms with Gasteiger partial charge in [0.25, 0.3) is 0 Å². The molecule has 8 heteroatoms. The van der Waals surface area contributed by atoms with Crippen LogP contribution in [-0.4, -0.2) is 39.5 Å². The van der Waals surface area contributed by atoms with Gasteiger partial charge in [-0.05, 0) is 36.2 Å². The first-order valence-corrected chi connectivity index (χ1v) is 9.78. The Hall–Kier alpha value is -2.11. The molecule has 0 bridgehead atoms. The van der Waals surface area contributed by atoms with Gasteiger partial charge in [0.05, 0.1) is 18.7 Å². The Morgan fingerprint density at radius 1 is 1.22 bits per heavy atom. The van der Waals surface area contributed by atoms with Crippen LogP contribution in [0.25, 0.3) is 0 Å². The lowest BCUT2D eigenvalue weighted by molar-refractivity contribution is 0.397. The molecule has 1 aliphatic heterocycles. The normalized spacial score (nSPS) is 19.9. The SMILES string of the molecule is COc1cc(C#N)ccc1S(=O)(=O)N1C[C@@H](CN)[C@H](c2ccccc2)C1.Cl. The van der Waals surface area contributed by atoms with Crippen molar-refractivity contribution < 1.29 is 13.2 Å².